The summed E-state index contributed by atoms with van der Waals surface area (Å²) < 4.78 is 53.3. The molecule has 0 unspecified atom stereocenters. The Kier molecular flexibility index (Phi) is 4.34. The third-order valence-corrected chi connectivity index (χ3v) is 3.78. The highest BCUT2D eigenvalue weighted by atomic mass is 19.2. The number of hydrogen-bond acceptors (Lipinski definition) is 2. The average molecular weight is 332 g/mol. The topological polar surface area (TPSA) is 18.5 Å². The van der Waals surface area contributed by atoms with Crippen LogP contribution in [0.25, 0.3) is 21.9 Å². The fraction of sp³-hybridized carbons (Fsp3) is 0.158. The monoisotopic (exact) mass is 332 g/mol. The Morgan fingerprint density at radius 2 is 1.58 bits per heavy atom. The van der Waals surface area contributed by atoms with E-state index >= 15 is 0 Å². The highest BCUT2D eigenvalue weighted by Crippen LogP contribution is 2.35. The van der Waals surface area contributed by atoms with Crippen LogP contribution in [0.3, 0.4) is 0 Å². The van der Waals surface area contributed by atoms with Crippen LogP contribution in [0.15, 0.2) is 42.5 Å². The van der Waals surface area contributed by atoms with Crippen molar-refractivity contribution in [2.24, 2.45) is 0 Å². The van der Waals surface area contributed by atoms with Gasteiger partial charge in [0, 0.05) is 5.56 Å². The number of rotatable bonds is 4. The molecule has 0 bridgehead atoms. The van der Waals surface area contributed by atoms with Gasteiger partial charge in [0.25, 0.3) is 0 Å². The van der Waals surface area contributed by atoms with Gasteiger partial charge in [0.15, 0.2) is 23.2 Å². The van der Waals surface area contributed by atoms with E-state index in [4.69, 9.17) is 9.47 Å². The quantitative estimate of drug-likeness (QED) is 0.643. The molecule has 2 nitrogen and oxygen atoms in total. The Hall–Kier alpha value is -2.69. The molecule has 0 spiro atoms. The lowest BCUT2D eigenvalue weighted by atomic mass is 9.99. The molecule has 0 heterocycles. The molecule has 0 atom stereocenters. The molecule has 3 aromatic rings. The summed E-state index contributed by atoms with van der Waals surface area (Å²) in [6.07, 6.45) is 0. The van der Waals surface area contributed by atoms with Gasteiger partial charge in [-0.25, -0.2) is 13.2 Å². The third kappa shape index (κ3) is 2.66. The zero-order valence-corrected chi connectivity index (χ0v) is 13.2. The van der Waals surface area contributed by atoms with Crippen LogP contribution in [-0.2, 0) is 0 Å². The summed E-state index contributed by atoms with van der Waals surface area (Å²) >= 11 is 0. The van der Waals surface area contributed by atoms with Crippen molar-refractivity contribution in [2.45, 2.75) is 6.92 Å². The third-order valence-electron chi connectivity index (χ3n) is 3.78. The first-order valence-corrected chi connectivity index (χ1v) is 7.44. The minimum absolute atomic E-state index is 0.0626. The second-order valence-corrected chi connectivity index (χ2v) is 5.19. The van der Waals surface area contributed by atoms with E-state index in [1.54, 1.807) is 24.3 Å². The first-order valence-electron chi connectivity index (χ1n) is 7.44. The molecule has 0 N–H and O–H groups in total. The lowest BCUT2D eigenvalue weighted by Gasteiger charge is -2.11. The Morgan fingerprint density at radius 1 is 0.875 bits per heavy atom. The molecule has 124 valence electrons. The molecule has 0 aliphatic carbocycles. The van der Waals surface area contributed by atoms with Crippen LogP contribution in [0.4, 0.5) is 13.2 Å². The molecule has 3 aromatic carbocycles. The van der Waals surface area contributed by atoms with Gasteiger partial charge < -0.3 is 9.47 Å². The molecule has 0 aliphatic heterocycles. The predicted molar refractivity (Wildman–Crippen MR) is 87.0 cm³/mol. The molecule has 0 fully saturated rings. The fourth-order valence-electron chi connectivity index (χ4n) is 2.63. The molecule has 0 aliphatic rings. The summed E-state index contributed by atoms with van der Waals surface area (Å²) in [6, 6.07) is 10.9. The minimum Gasteiger partial charge on any atom is -0.494 e. The van der Waals surface area contributed by atoms with Crippen LogP contribution in [0.2, 0.25) is 0 Å². The summed E-state index contributed by atoms with van der Waals surface area (Å²) in [5.41, 5.74) is 0.542. The van der Waals surface area contributed by atoms with Crippen LogP contribution < -0.4 is 9.47 Å². The van der Waals surface area contributed by atoms with E-state index in [0.29, 0.717) is 17.9 Å². The second-order valence-electron chi connectivity index (χ2n) is 5.19. The second kappa shape index (κ2) is 6.43. The van der Waals surface area contributed by atoms with Gasteiger partial charge in [-0.15, -0.1) is 0 Å². The molecular weight excluding hydrogens is 317 g/mol. The van der Waals surface area contributed by atoms with Crippen molar-refractivity contribution in [2.75, 3.05) is 13.7 Å². The summed E-state index contributed by atoms with van der Waals surface area (Å²) in [4.78, 5) is 0. The van der Waals surface area contributed by atoms with Gasteiger partial charge >= 0.3 is 0 Å². The van der Waals surface area contributed by atoms with Crippen molar-refractivity contribution in [3.8, 4) is 22.6 Å². The normalized spacial score (nSPS) is 10.9. The number of ether oxygens (including phenoxy) is 2. The van der Waals surface area contributed by atoms with Crippen molar-refractivity contribution in [1.29, 1.82) is 0 Å². The summed E-state index contributed by atoms with van der Waals surface area (Å²) in [5.74, 6) is -2.73. The van der Waals surface area contributed by atoms with Gasteiger partial charge in [0.1, 0.15) is 5.75 Å². The van der Waals surface area contributed by atoms with Crippen molar-refractivity contribution < 1.29 is 22.6 Å². The molecule has 0 radical (unpaired) electrons. The molecule has 24 heavy (non-hydrogen) atoms. The van der Waals surface area contributed by atoms with Crippen molar-refractivity contribution >= 4 is 10.8 Å². The van der Waals surface area contributed by atoms with Gasteiger partial charge in [-0.2, -0.15) is 0 Å². The minimum atomic E-state index is -1.23. The number of fused-ring (bicyclic) bond motifs is 1. The summed E-state index contributed by atoms with van der Waals surface area (Å²) in [6.45, 7) is 2.37. The van der Waals surface area contributed by atoms with Gasteiger partial charge in [-0.3, -0.25) is 0 Å². The van der Waals surface area contributed by atoms with E-state index in [2.05, 4.69) is 0 Å². The van der Waals surface area contributed by atoms with E-state index in [9.17, 15) is 13.2 Å². The molecule has 0 saturated carbocycles. The molecule has 3 rings (SSSR count). The van der Waals surface area contributed by atoms with Crippen LogP contribution in [0, 0.1) is 17.5 Å². The smallest absolute Gasteiger partial charge is 0.175 e. The first-order chi connectivity index (χ1) is 11.6. The van der Waals surface area contributed by atoms with Crippen LogP contribution in [-0.4, -0.2) is 13.7 Å². The van der Waals surface area contributed by atoms with E-state index in [1.807, 2.05) is 6.92 Å². The Bertz CT molecular complexity index is 889. The van der Waals surface area contributed by atoms with Gasteiger partial charge in [-0.1, -0.05) is 18.2 Å². The maximum atomic E-state index is 14.5. The summed E-state index contributed by atoms with van der Waals surface area (Å²) in [5, 5.41) is -0.155. The van der Waals surface area contributed by atoms with E-state index in [-0.39, 0.29) is 16.7 Å². The zero-order chi connectivity index (χ0) is 17.3. The predicted octanol–water partition coefficient (Wildman–Crippen LogP) is 5.33. The highest BCUT2D eigenvalue weighted by molar-refractivity contribution is 5.90. The fourth-order valence-corrected chi connectivity index (χ4v) is 2.63. The lowest BCUT2D eigenvalue weighted by Crippen LogP contribution is -1.97. The van der Waals surface area contributed by atoms with E-state index in [1.165, 1.54) is 25.3 Å². The van der Waals surface area contributed by atoms with Crippen LogP contribution in [0.1, 0.15) is 6.92 Å². The number of halogens is 3. The number of methoxy groups -OCH3 is 1. The Labute approximate surface area is 137 Å². The molecule has 0 amide bonds. The number of benzene rings is 3. The lowest BCUT2D eigenvalue weighted by molar-refractivity contribution is 0.340. The Balaban J connectivity index is 2.17. The molecule has 5 heteroatoms. The molecular formula is C19H15F3O2. The van der Waals surface area contributed by atoms with Gasteiger partial charge in [0.05, 0.1) is 19.1 Å². The zero-order valence-electron chi connectivity index (χ0n) is 13.2. The van der Waals surface area contributed by atoms with Gasteiger partial charge in [0.2, 0.25) is 0 Å². The standard InChI is InChI=1S/C19H15F3O2/c1-3-24-13-7-4-11(5-8-13)14-10-12-6-9-15(23-2)18(21)16(12)19(22)17(14)20/h4-10H,3H2,1-2H3. The maximum absolute atomic E-state index is 14.5. The van der Waals surface area contributed by atoms with Gasteiger partial charge in [-0.05, 0) is 42.1 Å². The first kappa shape index (κ1) is 16.2. The van der Waals surface area contributed by atoms with Crippen LogP contribution >= 0.6 is 0 Å². The summed E-state index contributed by atoms with van der Waals surface area (Å²) in [7, 11) is 1.27. The number of hydrogen-bond donors (Lipinski definition) is 0. The van der Waals surface area contributed by atoms with Crippen LogP contribution in [0.5, 0.6) is 11.5 Å². The maximum Gasteiger partial charge on any atom is 0.175 e. The Morgan fingerprint density at radius 3 is 2.21 bits per heavy atom. The molecule has 0 saturated heterocycles. The average Bonchev–Trinajstić information content (AvgIpc) is 2.59. The van der Waals surface area contributed by atoms with Crippen molar-refractivity contribution in [3.05, 3.63) is 59.9 Å². The molecule has 0 aromatic heterocycles. The largest absolute Gasteiger partial charge is 0.494 e. The highest BCUT2D eigenvalue weighted by Gasteiger charge is 2.19. The van der Waals surface area contributed by atoms with E-state index in [0.717, 1.165) is 0 Å². The van der Waals surface area contributed by atoms with E-state index < -0.39 is 22.8 Å². The SMILES string of the molecule is CCOc1ccc(-c2cc3ccc(OC)c(F)c3c(F)c2F)cc1. The van der Waals surface area contributed by atoms with Crippen molar-refractivity contribution in [3.63, 3.8) is 0 Å². The van der Waals surface area contributed by atoms with Crippen molar-refractivity contribution in [1.82, 2.24) is 0 Å².